The van der Waals surface area contributed by atoms with Gasteiger partial charge in [-0.2, -0.15) is 13.2 Å². The number of esters is 1. The van der Waals surface area contributed by atoms with Gasteiger partial charge in [0.15, 0.2) is 0 Å². The lowest BCUT2D eigenvalue weighted by Gasteiger charge is -2.26. The highest BCUT2D eigenvalue weighted by Crippen LogP contribution is 2.30. The molecule has 100 valence electrons. The third kappa shape index (κ3) is 4.91. The van der Waals surface area contributed by atoms with Crippen LogP contribution in [0.25, 0.3) is 0 Å². The topological polar surface area (TPSA) is 41.6 Å². The van der Waals surface area contributed by atoms with Crippen molar-refractivity contribution in [3.05, 3.63) is 0 Å². The predicted octanol–water partition coefficient (Wildman–Crippen LogP) is 0.774. The molecular weight excluding hydrogens is 237 g/mol. The van der Waals surface area contributed by atoms with E-state index in [9.17, 15) is 18.0 Å². The average Bonchev–Trinajstić information content (AvgIpc) is 3.05. The molecule has 1 aliphatic carbocycles. The van der Waals surface area contributed by atoms with Crippen LogP contribution in [0.1, 0.15) is 12.8 Å². The van der Waals surface area contributed by atoms with Gasteiger partial charge in [-0.1, -0.05) is 0 Å². The van der Waals surface area contributed by atoms with E-state index in [-0.39, 0.29) is 12.6 Å². The van der Waals surface area contributed by atoms with Gasteiger partial charge in [0, 0.05) is 12.6 Å². The van der Waals surface area contributed by atoms with Crippen LogP contribution in [0.5, 0.6) is 0 Å². The zero-order chi connectivity index (χ0) is 13.1. The number of carbonyl (C=O) groups excluding carboxylic acids is 1. The molecule has 0 amide bonds. The van der Waals surface area contributed by atoms with Crippen molar-refractivity contribution in [1.29, 1.82) is 0 Å². The molecule has 0 aromatic heterocycles. The van der Waals surface area contributed by atoms with Gasteiger partial charge < -0.3 is 10.1 Å². The van der Waals surface area contributed by atoms with Gasteiger partial charge in [-0.25, -0.2) is 0 Å². The van der Waals surface area contributed by atoms with Crippen molar-refractivity contribution in [2.75, 3.05) is 27.2 Å². The van der Waals surface area contributed by atoms with Gasteiger partial charge in [-0.05, 0) is 19.9 Å². The van der Waals surface area contributed by atoms with Crippen LogP contribution in [-0.4, -0.2) is 56.4 Å². The quantitative estimate of drug-likeness (QED) is 0.711. The number of hydrogen-bond donors (Lipinski definition) is 1. The van der Waals surface area contributed by atoms with Gasteiger partial charge in [-0.3, -0.25) is 9.69 Å². The van der Waals surface area contributed by atoms with Crippen LogP contribution in [0.4, 0.5) is 13.2 Å². The summed E-state index contributed by atoms with van der Waals surface area (Å²) in [4.78, 5) is 12.6. The van der Waals surface area contributed by atoms with Crippen LogP contribution in [-0.2, 0) is 9.53 Å². The summed E-state index contributed by atoms with van der Waals surface area (Å²) < 4.78 is 41.6. The number of rotatable bonds is 6. The number of nitrogens with one attached hydrogen (secondary N) is 1. The van der Waals surface area contributed by atoms with Crippen molar-refractivity contribution >= 4 is 5.97 Å². The van der Waals surface area contributed by atoms with Crippen LogP contribution in [0.15, 0.2) is 0 Å². The lowest BCUT2D eigenvalue weighted by Crippen LogP contribution is -2.48. The molecule has 0 saturated heterocycles. The number of ether oxygens (including phenoxy) is 1. The molecular formula is C10H17F3N2O2. The fourth-order valence-corrected chi connectivity index (χ4v) is 1.67. The molecule has 1 atom stereocenters. The largest absolute Gasteiger partial charge is 0.468 e. The molecule has 0 radical (unpaired) electrons. The normalized spacial score (nSPS) is 18.2. The first-order valence-corrected chi connectivity index (χ1v) is 5.43. The van der Waals surface area contributed by atoms with E-state index in [2.05, 4.69) is 10.1 Å². The van der Waals surface area contributed by atoms with E-state index >= 15 is 0 Å². The SMILES string of the molecule is CNC(CN(CC(F)(F)F)C1CC1)C(=O)OC. The van der Waals surface area contributed by atoms with Gasteiger partial charge in [-0.15, -0.1) is 0 Å². The molecule has 0 aliphatic heterocycles. The van der Waals surface area contributed by atoms with Crippen LogP contribution < -0.4 is 5.32 Å². The van der Waals surface area contributed by atoms with E-state index < -0.39 is 24.7 Å². The Morgan fingerprint density at radius 3 is 2.47 bits per heavy atom. The highest BCUT2D eigenvalue weighted by Gasteiger charge is 2.39. The zero-order valence-electron chi connectivity index (χ0n) is 9.88. The van der Waals surface area contributed by atoms with Gasteiger partial charge in [0.2, 0.25) is 0 Å². The van der Waals surface area contributed by atoms with Crippen LogP contribution >= 0.6 is 0 Å². The Hall–Kier alpha value is -0.820. The first kappa shape index (κ1) is 14.2. The second kappa shape index (κ2) is 5.68. The second-order valence-corrected chi connectivity index (χ2v) is 4.14. The third-order valence-electron chi connectivity index (χ3n) is 2.70. The summed E-state index contributed by atoms with van der Waals surface area (Å²) >= 11 is 0. The lowest BCUT2D eigenvalue weighted by atomic mass is 10.2. The van der Waals surface area contributed by atoms with Crippen molar-refractivity contribution in [2.24, 2.45) is 0 Å². The monoisotopic (exact) mass is 254 g/mol. The first-order chi connectivity index (χ1) is 7.87. The van der Waals surface area contributed by atoms with Crippen LogP contribution in [0, 0.1) is 0 Å². The minimum Gasteiger partial charge on any atom is -0.468 e. The Morgan fingerprint density at radius 1 is 1.53 bits per heavy atom. The number of halogens is 3. The molecule has 1 unspecified atom stereocenters. The predicted molar refractivity (Wildman–Crippen MR) is 55.5 cm³/mol. The minimum atomic E-state index is -4.24. The number of methoxy groups -OCH3 is 1. The van der Waals surface area contributed by atoms with Gasteiger partial charge in [0.25, 0.3) is 0 Å². The number of alkyl halides is 3. The molecule has 1 rings (SSSR count). The molecule has 0 heterocycles. The second-order valence-electron chi connectivity index (χ2n) is 4.14. The molecule has 17 heavy (non-hydrogen) atoms. The summed E-state index contributed by atoms with van der Waals surface area (Å²) in [5.41, 5.74) is 0. The molecule has 4 nitrogen and oxygen atoms in total. The maximum atomic E-state index is 12.4. The molecule has 0 aromatic carbocycles. The van der Waals surface area contributed by atoms with E-state index in [1.165, 1.54) is 19.1 Å². The third-order valence-corrected chi connectivity index (χ3v) is 2.70. The molecule has 0 aromatic rings. The maximum absolute atomic E-state index is 12.4. The van der Waals surface area contributed by atoms with Crippen LogP contribution in [0.2, 0.25) is 0 Å². The Balaban J connectivity index is 2.56. The van der Waals surface area contributed by atoms with Crippen molar-refractivity contribution in [3.63, 3.8) is 0 Å². The first-order valence-electron chi connectivity index (χ1n) is 5.43. The fraction of sp³-hybridized carbons (Fsp3) is 0.900. The molecule has 7 heteroatoms. The van der Waals surface area contributed by atoms with Crippen molar-refractivity contribution < 1.29 is 22.7 Å². The number of carbonyl (C=O) groups is 1. The standard InChI is InChI=1S/C10H17F3N2O2/c1-14-8(9(16)17-2)5-15(7-3-4-7)6-10(11,12)13/h7-8,14H,3-6H2,1-2H3. The lowest BCUT2D eigenvalue weighted by molar-refractivity contribution is -0.153. The van der Waals surface area contributed by atoms with E-state index in [0.717, 1.165) is 12.8 Å². The summed E-state index contributed by atoms with van der Waals surface area (Å²) in [5.74, 6) is -0.541. The van der Waals surface area contributed by atoms with E-state index in [1.807, 2.05) is 0 Å². The highest BCUT2D eigenvalue weighted by molar-refractivity contribution is 5.75. The number of likely N-dealkylation sites (N-methyl/N-ethyl adjacent to an activating group) is 1. The van der Waals surface area contributed by atoms with E-state index in [4.69, 9.17) is 0 Å². The summed E-state index contributed by atoms with van der Waals surface area (Å²) in [6.07, 6.45) is -2.72. The summed E-state index contributed by atoms with van der Waals surface area (Å²) in [6.45, 7) is -0.958. The summed E-state index contributed by atoms with van der Waals surface area (Å²) in [6, 6.07) is -0.778. The Kier molecular flexibility index (Phi) is 4.76. The average molecular weight is 254 g/mol. The van der Waals surface area contributed by atoms with E-state index in [0.29, 0.717) is 0 Å². The van der Waals surface area contributed by atoms with E-state index in [1.54, 1.807) is 0 Å². The molecule has 0 spiro atoms. The smallest absolute Gasteiger partial charge is 0.401 e. The Bertz CT molecular complexity index is 267. The Labute approximate surface area is 98.1 Å². The molecule has 1 aliphatic rings. The van der Waals surface area contributed by atoms with Crippen LogP contribution in [0.3, 0.4) is 0 Å². The number of hydrogen-bond acceptors (Lipinski definition) is 4. The molecule has 1 fully saturated rings. The zero-order valence-corrected chi connectivity index (χ0v) is 9.88. The van der Waals surface area contributed by atoms with Gasteiger partial charge in [0.1, 0.15) is 6.04 Å². The summed E-state index contributed by atoms with van der Waals surface area (Å²) in [5, 5.41) is 2.67. The number of nitrogens with zero attached hydrogens (tertiary/aromatic N) is 1. The van der Waals surface area contributed by atoms with Crippen molar-refractivity contribution in [1.82, 2.24) is 10.2 Å². The minimum absolute atomic E-state index is 0.0212. The van der Waals surface area contributed by atoms with Crippen molar-refractivity contribution in [2.45, 2.75) is 31.1 Å². The van der Waals surface area contributed by atoms with Gasteiger partial charge >= 0.3 is 12.1 Å². The molecule has 0 bridgehead atoms. The Morgan fingerprint density at radius 2 is 2.12 bits per heavy atom. The molecule has 1 saturated carbocycles. The summed E-state index contributed by atoms with van der Waals surface area (Å²) in [7, 11) is 2.75. The maximum Gasteiger partial charge on any atom is 0.401 e. The highest BCUT2D eigenvalue weighted by atomic mass is 19.4. The van der Waals surface area contributed by atoms with Gasteiger partial charge in [0.05, 0.1) is 13.7 Å². The molecule has 1 N–H and O–H groups in total. The fourth-order valence-electron chi connectivity index (χ4n) is 1.67. The van der Waals surface area contributed by atoms with Crippen molar-refractivity contribution in [3.8, 4) is 0 Å².